The number of benzene rings is 2. The van der Waals surface area contributed by atoms with Crippen molar-refractivity contribution in [3.63, 3.8) is 0 Å². The van der Waals surface area contributed by atoms with E-state index in [0.29, 0.717) is 0 Å². The summed E-state index contributed by atoms with van der Waals surface area (Å²) in [5, 5.41) is 2.93. The summed E-state index contributed by atoms with van der Waals surface area (Å²) in [5.74, 6) is 1.36. The number of nitrogens with one attached hydrogen (secondary N) is 1. The molecule has 0 aliphatic heterocycles. The van der Waals surface area contributed by atoms with E-state index in [1.54, 1.807) is 20.3 Å². The maximum atomic E-state index is 12.1. The quantitative estimate of drug-likeness (QED) is 0.829. The van der Waals surface area contributed by atoms with E-state index in [-0.39, 0.29) is 11.9 Å². The molecular weight excluding hydrogens is 290 g/mol. The van der Waals surface area contributed by atoms with Crippen LogP contribution in [0.25, 0.3) is 6.08 Å². The fourth-order valence-corrected chi connectivity index (χ4v) is 2.28. The van der Waals surface area contributed by atoms with E-state index in [4.69, 9.17) is 9.47 Å². The lowest BCUT2D eigenvalue weighted by molar-refractivity contribution is -0.117. The number of methoxy groups -OCH3 is 2. The maximum Gasteiger partial charge on any atom is 0.244 e. The minimum Gasteiger partial charge on any atom is -0.497 e. The van der Waals surface area contributed by atoms with Crippen LogP contribution in [0.2, 0.25) is 0 Å². The van der Waals surface area contributed by atoms with Crippen molar-refractivity contribution < 1.29 is 14.3 Å². The van der Waals surface area contributed by atoms with Crippen molar-refractivity contribution in [3.05, 3.63) is 65.7 Å². The van der Waals surface area contributed by atoms with E-state index in [2.05, 4.69) is 5.32 Å². The average molecular weight is 311 g/mol. The Morgan fingerprint density at radius 2 is 1.87 bits per heavy atom. The van der Waals surface area contributed by atoms with Crippen LogP contribution in [-0.4, -0.2) is 20.1 Å². The molecular formula is C19H21NO3. The van der Waals surface area contributed by atoms with Gasteiger partial charge >= 0.3 is 0 Å². The third-order valence-corrected chi connectivity index (χ3v) is 3.49. The van der Waals surface area contributed by atoms with E-state index in [0.717, 1.165) is 22.6 Å². The molecule has 1 atom stereocenters. The van der Waals surface area contributed by atoms with Crippen LogP contribution in [0.1, 0.15) is 24.1 Å². The Balaban J connectivity index is 2.02. The molecule has 0 aliphatic rings. The van der Waals surface area contributed by atoms with Gasteiger partial charge in [0.15, 0.2) is 0 Å². The highest BCUT2D eigenvalue weighted by Gasteiger charge is 2.11. The van der Waals surface area contributed by atoms with Crippen LogP contribution in [-0.2, 0) is 4.79 Å². The predicted molar refractivity (Wildman–Crippen MR) is 91.6 cm³/mol. The summed E-state index contributed by atoms with van der Waals surface area (Å²) in [4.78, 5) is 12.1. The zero-order chi connectivity index (χ0) is 16.7. The van der Waals surface area contributed by atoms with E-state index in [1.165, 1.54) is 6.08 Å². The molecule has 1 N–H and O–H groups in total. The van der Waals surface area contributed by atoms with Crippen LogP contribution in [0.15, 0.2) is 54.6 Å². The SMILES string of the molecule is COc1cccc(/C=C/C(=O)N[C@H](C)c2ccccc2OC)c1. The van der Waals surface area contributed by atoms with E-state index < -0.39 is 0 Å². The molecule has 0 radical (unpaired) electrons. The van der Waals surface area contributed by atoms with Crippen molar-refractivity contribution >= 4 is 12.0 Å². The van der Waals surface area contributed by atoms with Crippen LogP contribution in [0.3, 0.4) is 0 Å². The van der Waals surface area contributed by atoms with Crippen molar-refractivity contribution in [2.45, 2.75) is 13.0 Å². The van der Waals surface area contributed by atoms with E-state index in [1.807, 2.05) is 55.5 Å². The Morgan fingerprint density at radius 1 is 1.09 bits per heavy atom. The molecule has 0 heterocycles. The fraction of sp³-hybridized carbons (Fsp3) is 0.211. The number of hydrogen-bond donors (Lipinski definition) is 1. The van der Waals surface area contributed by atoms with Crippen molar-refractivity contribution in [1.82, 2.24) is 5.32 Å². The number of hydrogen-bond acceptors (Lipinski definition) is 3. The summed E-state index contributed by atoms with van der Waals surface area (Å²) in [6, 6.07) is 15.0. The van der Waals surface area contributed by atoms with E-state index in [9.17, 15) is 4.79 Å². The summed E-state index contributed by atoms with van der Waals surface area (Å²) >= 11 is 0. The Labute approximate surface area is 136 Å². The lowest BCUT2D eigenvalue weighted by Gasteiger charge is -2.16. The molecule has 0 saturated carbocycles. The Morgan fingerprint density at radius 3 is 2.61 bits per heavy atom. The largest absolute Gasteiger partial charge is 0.497 e. The van der Waals surface area contributed by atoms with Crippen LogP contribution >= 0.6 is 0 Å². The number of rotatable bonds is 6. The average Bonchev–Trinajstić information content (AvgIpc) is 2.60. The molecule has 1 amide bonds. The number of ether oxygens (including phenoxy) is 2. The number of para-hydroxylation sites is 1. The minimum absolute atomic E-state index is 0.145. The molecule has 4 nitrogen and oxygen atoms in total. The molecule has 23 heavy (non-hydrogen) atoms. The summed E-state index contributed by atoms with van der Waals surface area (Å²) in [6.45, 7) is 1.93. The van der Waals surface area contributed by atoms with Crippen molar-refractivity contribution in [1.29, 1.82) is 0 Å². The Hall–Kier alpha value is -2.75. The topological polar surface area (TPSA) is 47.6 Å². The first-order chi connectivity index (χ1) is 11.1. The van der Waals surface area contributed by atoms with Crippen LogP contribution in [0, 0.1) is 0 Å². The summed E-state index contributed by atoms with van der Waals surface area (Å²) in [7, 11) is 3.24. The van der Waals surface area contributed by atoms with Crippen molar-refractivity contribution in [3.8, 4) is 11.5 Å². The van der Waals surface area contributed by atoms with Crippen LogP contribution in [0.4, 0.5) is 0 Å². The Bertz CT molecular complexity index is 695. The highest BCUT2D eigenvalue weighted by atomic mass is 16.5. The number of carbonyl (C=O) groups excluding carboxylic acids is 1. The highest BCUT2D eigenvalue weighted by Crippen LogP contribution is 2.24. The van der Waals surface area contributed by atoms with Gasteiger partial charge in [-0.05, 0) is 36.8 Å². The van der Waals surface area contributed by atoms with Gasteiger partial charge < -0.3 is 14.8 Å². The summed E-state index contributed by atoms with van der Waals surface area (Å²) in [5.41, 5.74) is 1.85. The van der Waals surface area contributed by atoms with Gasteiger partial charge in [-0.3, -0.25) is 4.79 Å². The zero-order valence-corrected chi connectivity index (χ0v) is 13.6. The lowest BCUT2D eigenvalue weighted by atomic mass is 10.1. The van der Waals surface area contributed by atoms with Gasteiger partial charge in [-0.25, -0.2) is 0 Å². The van der Waals surface area contributed by atoms with Crippen LogP contribution in [0.5, 0.6) is 11.5 Å². The second kappa shape index (κ2) is 8.03. The molecule has 4 heteroatoms. The van der Waals surface area contributed by atoms with Gasteiger partial charge in [0.1, 0.15) is 11.5 Å². The van der Waals surface area contributed by atoms with Gasteiger partial charge in [0, 0.05) is 11.6 Å². The van der Waals surface area contributed by atoms with Crippen molar-refractivity contribution in [2.24, 2.45) is 0 Å². The molecule has 2 aromatic carbocycles. The molecule has 0 spiro atoms. The maximum absolute atomic E-state index is 12.1. The third kappa shape index (κ3) is 4.61. The monoisotopic (exact) mass is 311 g/mol. The fourth-order valence-electron chi connectivity index (χ4n) is 2.28. The number of carbonyl (C=O) groups is 1. The molecule has 0 bridgehead atoms. The van der Waals surface area contributed by atoms with Crippen LogP contribution < -0.4 is 14.8 Å². The minimum atomic E-state index is -0.161. The smallest absolute Gasteiger partial charge is 0.244 e. The second-order valence-electron chi connectivity index (χ2n) is 5.08. The Kier molecular flexibility index (Phi) is 5.80. The molecule has 0 saturated heterocycles. The first kappa shape index (κ1) is 16.6. The summed E-state index contributed by atoms with van der Waals surface area (Å²) < 4.78 is 10.5. The molecule has 2 rings (SSSR count). The molecule has 0 aliphatic carbocycles. The van der Waals surface area contributed by atoms with Gasteiger partial charge in [0.05, 0.1) is 20.3 Å². The first-order valence-corrected chi connectivity index (χ1v) is 7.39. The third-order valence-electron chi connectivity index (χ3n) is 3.49. The molecule has 0 unspecified atom stereocenters. The van der Waals surface area contributed by atoms with Gasteiger partial charge in [-0.15, -0.1) is 0 Å². The standard InChI is InChI=1S/C19H21NO3/c1-14(17-9-4-5-10-18(17)23-3)20-19(21)12-11-15-7-6-8-16(13-15)22-2/h4-14H,1-3H3,(H,20,21)/b12-11+/t14-/m1/s1. The molecule has 120 valence electrons. The lowest BCUT2D eigenvalue weighted by Crippen LogP contribution is -2.24. The molecule has 0 fully saturated rings. The van der Waals surface area contributed by atoms with Gasteiger partial charge in [0.2, 0.25) is 5.91 Å². The highest BCUT2D eigenvalue weighted by molar-refractivity contribution is 5.92. The van der Waals surface area contributed by atoms with Crippen molar-refractivity contribution in [2.75, 3.05) is 14.2 Å². The van der Waals surface area contributed by atoms with Gasteiger partial charge in [0.25, 0.3) is 0 Å². The van der Waals surface area contributed by atoms with E-state index >= 15 is 0 Å². The number of amides is 1. The molecule has 2 aromatic rings. The predicted octanol–water partition coefficient (Wildman–Crippen LogP) is 3.59. The van der Waals surface area contributed by atoms with Gasteiger partial charge in [-0.1, -0.05) is 30.3 Å². The molecule has 0 aromatic heterocycles. The zero-order valence-electron chi connectivity index (χ0n) is 13.6. The first-order valence-electron chi connectivity index (χ1n) is 7.39. The second-order valence-corrected chi connectivity index (χ2v) is 5.08. The summed E-state index contributed by atoms with van der Waals surface area (Å²) in [6.07, 6.45) is 3.27. The normalized spacial score (nSPS) is 12.0. The van der Waals surface area contributed by atoms with Gasteiger partial charge in [-0.2, -0.15) is 0 Å².